The molecule has 1 heterocycles. The Morgan fingerprint density at radius 3 is 1.92 bits per heavy atom. The largest absolute Gasteiger partial charge is 0.310 e. The second-order valence-corrected chi connectivity index (χ2v) is 7.92. The van der Waals surface area contributed by atoms with E-state index in [1.54, 1.807) is 0 Å². The topological polar surface area (TPSA) is 46.6 Å². The molecule has 0 atom stereocenters. The zero-order valence-corrected chi connectivity index (χ0v) is 8.33. The van der Waals surface area contributed by atoms with Crippen molar-refractivity contribution < 1.29 is 14.1 Å². The standard InChI is InChI=1S/C7H11NO3Si/c1-12(2,3)11-8-6(9)4-5-7(8)10/h4-5H,1-3H3. The molecule has 0 spiro atoms. The van der Waals surface area contributed by atoms with Gasteiger partial charge in [0, 0.05) is 12.2 Å². The molecule has 0 saturated heterocycles. The smallest absolute Gasteiger partial charge is 0.276 e. The number of rotatable bonds is 2. The first kappa shape index (κ1) is 9.15. The van der Waals surface area contributed by atoms with Crippen LogP contribution in [0.2, 0.25) is 19.6 Å². The van der Waals surface area contributed by atoms with Crippen LogP contribution in [0.25, 0.3) is 0 Å². The fraction of sp³-hybridized carbons (Fsp3) is 0.429. The van der Waals surface area contributed by atoms with E-state index in [1.165, 1.54) is 12.2 Å². The highest BCUT2D eigenvalue weighted by atomic mass is 28.4. The van der Waals surface area contributed by atoms with Gasteiger partial charge in [-0.25, -0.2) is 0 Å². The minimum Gasteiger partial charge on any atom is -0.310 e. The van der Waals surface area contributed by atoms with E-state index in [9.17, 15) is 9.59 Å². The third kappa shape index (κ3) is 2.02. The van der Waals surface area contributed by atoms with Crippen LogP contribution in [0.3, 0.4) is 0 Å². The molecular formula is C7H11NO3Si. The molecule has 0 saturated carbocycles. The molecule has 2 amide bonds. The van der Waals surface area contributed by atoms with Gasteiger partial charge in [0.1, 0.15) is 0 Å². The van der Waals surface area contributed by atoms with Crippen molar-refractivity contribution in [1.82, 2.24) is 5.06 Å². The second-order valence-electron chi connectivity index (χ2n) is 3.51. The number of carbonyl (C=O) groups excluding carboxylic acids is 2. The van der Waals surface area contributed by atoms with Crippen LogP contribution < -0.4 is 0 Å². The number of hydrogen-bond acceptors (Lipinski definition) is 3. The molecule has 0 N–H and O–H groups in total. The SMILES string of the molecule is C[Si](C)(C)ON1C(=O)C=CC1=O. The quantitative estimate of drug-likeness (QED) is 0.469. The fourth-order valence-corrected chi connectivity index (χ4v) is 1.48. The Labute approximate surface area is 71.9 Å². The molecule has 12 heavy (non-hydrogen) atoms. The van der Waals surface area contributed by atoms with Gasteiger partial charge in [-0.3, -0.25) is 9.59 Å². The van der Waals surface area contributed by atoms with E-state index in [1.807, 2.05) is 19.6 Å². The predicted octanol–water partition coefficient (Wildman–Crippen LogP) is 0.678. The monoisotopic (exact) mass is 185 g/mol. The fourth-order valence-electron chi connectivity index (χ4n) is 0.750. The van der Waals surface area contributed by atoms with Gasteiger partial charge in [-0.1, -0.05) is 0 Å². The lowest BCUT2D eigenvalue weighted by Crippen LogP contribution is -2.40. The van der Waals surface area contributed by atoms with Crippen molar-refractivity contribution >= 4 is 20.1 Å². The number of hydroxylamine groups is 2. The molecule has 66 valence electrons. The molecule has 0 bridgehead atoms. The molecule has 0 aromatic rings. The summed E-state index contributed by atoms with van der Waals surface area (Å²) < 4.78 is 5.23. The summed E-state index contributed by atoms with van der Waals surface area (Å²) in [5.41, 5.74) is 0. The van der Waals surface area contributed by atoms with Gasteiger partial charge in [0.2, 0.25) is 8.32 Å². The summed E-state index contributed by atoms with van der Waals surface area (Å²) in [5.74, 6) is -0.773. The molecule has 1 aliphatic heterocycles. The molecule has 0 fully saturated rings. The van der Waals surface area contributed by atoms with Crippen molar-refractivity contribution in [3.8, 4) is 0 Å². The van der Waals surface area contributed by atoms with E-state index >= 15 is 0 Å². The van der Waals surface area contributed by atoms with Crippen LogP contribution in [-0.4, -0.2) is 25.2 Å². The third-order valence-electron chi connectivity index (χ3n) is 1.13. The lowest BCUT2D eigenvalue weighted by molar-refractivity contribution is -0.164. The minimum atomic E-state index is -1.86. The first-order valence-corrected chi connectivity index (χ1v) is 7.06. The zero-order chi connectivity index (χ0) is 9.35. The molecule has 0 aromatic carbocycles. The average molecular weight is 185 g/mol. The van der Waals surface area contributed by atoms with Crippen LogP contribution in [0.5, 0.6) is 0 Å². The molecule has 0 aromatic heterocycles. The number of amides is 2. The summed E-state index contributed by atoms with van der Waals surface area (Å²) in [4.78, 5) is 22.0. The van der Waals surface area contributed by atoms with E-state index in [0.29, 0.717) is 0 Å². The molecule has 0 aliphatic carbocycles. The minimum absolute atomic E-state index is 0.387. The molecule has 1 aliphatic rings. The van der Waals surface area contributed by atoms with Crippen molar-refractivity contribution in [2.75, 3.05) is 0 Å². The van der Waals surface area contributed by atoms with E-state index < -0.39 is 8.32 Å². The number of hydrogen-bond donors (Lipinski definition) is 0. The van der Waals surface area contributed by atoms with Gasteiger partial charge < -0.3 is 4.53 Å². The van der Waals surface area contributed by atoms with Gasteiger partial charge >= 0.3 is 0 Å². The highest BCUT2D eigenvalue weighted by Crippen LogP contribution is 2.11. The maximum Gasteiger partial charge on any atom is 0.276 e. The van der Waals surface area contributed by atoms with Gasteiger partial charge in [-0.2, -0.15) is 5.06 Å². The van der Waals surface area contributed by atoms with Gasteiger partial charge in [0.25, 0.3) is 11.8 Å². The number of carbonyl (C=O) groups is 2. The van der Waals surface area contributed by atoms with Gasteiger partial charge in [0.05, 0.1) is 0 Å². The third-order valence-corrected chi connectivity index (χ3v) is 1.86. The lowest BCUT2D eigenvalue weighted by atomic mass is 10.6. The number of imide groups is 1. The molecule has 0 radical (unpaired) electrons. The van der Waals surface area contributed by atoms with E-state index in [4.69, 9.17) is 4.53 Å². The van der Waals surface area contributed by atoms with Crippen LogP contribution in [0, 0.1) is 0 Å². The van der Waals surface area contributed by atoms with Crippen LogP contribution in [-0.2, 0) is 14.1 Å². The van der Waals surface area contributed by atoms with Crippen LogP contribution in [0.15, 0.2) is 12.2 Å². The first-order valence-electron chi connectivity index (χ1n) is 3.65. The van der Waals surface area contributed by atoms with Crippen molar-refractivity contribution in [3.05, 3.63) is 12.2 Å². The Balaban J connectivity index is 2.66. The van der Waals surface area contributed by atoms with Crippen molar-refractivity contribution in [3.63, 3.8) is 0 Å². The Bertz CT molecular complexity index is 236. The van der Waals surface area contributed by atoms with E-state index in [2.05, 4.69) is 0 Å². The van der Waals surface area contributed by atoms with Crippen molar-refractivity contribution in [2.45, 2.75) is 19.6 Å². The van der Waals surface area contributed by atoms with Crippen molar-refractivity contribution in [1.29, 1.82) is 0 Å². The lowest BCUT2D eigenvalue weighted by Gasteiger charge is -2.22. The maximum absolute atomic E-state index is 11.0. The molecule has 5 heteroatoms. The summed E-state index contributed by atoms with van der Waals surface area (Å²) in [7, 11) is -1.86. The summed E-state index contributed by atoms with van der Waals surface area (Å²) in [6.07, 6.45) is 2.42. The summed E-state index contributed by atoms with van der Waals surface area (Å²) in [5, 5.41) is 0.826. The highest BCUT2D eigenvalue weighted by molar-refractivity contribution is 6.69. The van der Waals surface area contributed by atoms with Crippen LogP contribution >= 0.6 is 0 Å². The van der Waals surface area contributed by atoms with Gasteiger partial charge in [-0.05, 0) is 19.6 Å². The van der Waals surface area contributed by atoms with Gasteiger partial charge in [-0.15, -0.1) is 0 Å². The normalized spacial score (nSPS) is 17.8. The molecular weight excluding hydrogens is 174 g/mol. The predicted molar refractivity (Wildman–Crippen MR) is 45.4 cm³/mol. The summed E-state index contributed by atoms with van der Waals surface area (Å²) in [6.45, 7) is 5.73. The van der Waals surface area contributed by atoms with Gasteiger partial charge in [0.15, 0.2) is 0 Å². The molecule has 1 rings (SSSR count). The highest BCUT2D eigenvalue weighted by Gasteiger charge is 2.30. The second kappa shape index (κ2) is 2.84. The van der Waals surface area contributed by atoms with E-state index in [-0.39, 0.29) is 11.8 Å². The maximum atomic E-state index is 11.0. The Morgan fingerprint density at radius 1 is 1.17 bits per heavy atom. The Kier molecular flexibility index (Phi) is 2.16. The molecule has 0 unspecified atom stereocenters. The van der Waals surface area contributed by atoms with E-state index in [0.717, 1.165) is 5.06 Å². The Morgan fingerprint density at radius 2 is 1.58 bits per heavy atom. The number of nitrogens with zero attached hydrogens (tertiary/aromatic N) is 1. The van der Waals surface area contributed by atoms with Crippen LogP contribution in [0.4, 0.5) is 0 Å². The summed E-state index contributed by atoms with van der Waals surface area (Å²) in [6, 6.07) is 0. The zero-order valence-electron chi connectivity index (χ0n) is 7.33. The Hall–Kier alpha value is -0.943. The summed E-state index contributed by atoms with van der Waals surface area (Å²) >= 11 is 0. The van der Waals surface area contributed by atoms with Crippen LogP contribution in [0.1, 0.15) is 0 Å². The average Bonchev–Trinajstić information content (AvgIpc) is 2.16. The molecule has 4 nitrogen and oxygen atoms in total. The first-order chi connectivity index (χ1) is 5.40. The van der Waals surface area contributed by atoms with Crippen molar-refractivity contribution in [2.24, 2.45) is 0 Å².